The lowest BCUT2D eigenvalue weighted by molar-refractivity contribution is -0.625. The zero-order chi connectivity index (χ0) is 16.7. The van der Waals surface area contributed by atoms with E-state index in [0.717, 1.165) is 17.0 Å². The molecule has 1 N–H and O–H groups in total. The number of aromatic amines is 1. The van der Waals surface area contributed by atoms with E-state index in [2.05, 4.69) is 5.10 Å². The molecule has 0 bridgehead atoms. The van der Waals surface area contributed by atoms with E-state index >= 15 is 0 Å². The maximum absolute atomic E-state index is 13.2. The molecule has 0 fully saturated rings. The molecular formula is C19H15ClN3O+. The van der Waals surface area contributed by atoms with E-state index < -0.39 is 0 Å². The maximum atomic E-state index is 13.2. The quantitative estimate of drug-likeness (QED) is 0.449. The number of hydrogen-bond donors (Lipinski definition) is 1. The van der Waals surface area contributed by atoms with Crippen LogP contribution in [0, 0.1) is 6.92 Å². The van der Waals surface area contributed by atoms with Crippen molar-refractivity contribution in [3.05, 3.63) is 88.8 Å². The van der Waals surface area contributed by atoms with Crippen LogP contribution in [0.5, 0.6) is 0 Å². The average Bonchev–Trinajstić information content (AvgIpc) is 3.16. The predicted octanol–water partition coefficient (Wildman–Crippen LogP) is 3.71. The molecule has 2 heterocycles. The Balaban J connectivity index is 1.98. The third-order valence-electron chi connectivity index (χ3n) is 4.07. The zero-order valence-corrected chi connectivity index (χ0v) is 13.8. The minimum absolute atomic E-state index is 0.0291. The van der Waals surface area contributed by atoms with Crippen molar-refractivity contribution in [2.75, 3.05) is 0 Å². The van der Waals surface area contributed by atoms with E-state index in [1.807, 2.05) is 82.9 Å². The van der Waals surface area contributed by atoms with Crippen LogP contribution in [0.3, 0.4) is 0 Å². The molecular weight excluding hydrogens is 322 g/mol. The highest BCUT2D eigenvalue weighted by molar-refractivity contribution is 6.30. The smallest absolute Gasteiger partial charge is 0.250 e. The number of H-pyrrole nitrogens is 1. The molecule has 0 atom stereocenters. The van der Waals surface area contributed by atoms with Gasteiger partial charge in [-0.2, -0.15) is 5.10 Å². The number of fused-ring (bicyclic) bond motifs is 1. The topological polar surface area (TPSA) is 41.4 Å². The van der Waals surface area contributed by atoms with E-state index in [9.17, 15) is 4.79 Å². The minimum Gasteiger partial charge on any atom is -0.284 e. The molecule has 4 rings (SSSR count). The van der Waals surface area contributed by atoms with Gasteiger partial charge < -0.3 is 0 Å². The summed E-state index contributed by atoms with van der Waals surface area (Å²) in [6, 6.07) is 18.7. The fourth-order valence-electron chi connectivity index (χ4n) is 2.88. The van der Waals surface area contributed by atoms with Crippen LogP contribution in [0.4, 0.5) is 0 Å². The van der Waals surface area contributed by atoms with Crippen molar-refractivity contribution in [3.8, 4) is 11.3 Å². The van der Waals surface area contributed by atoms with Gasteiger partial charge in [0.15, 0.2) is 0 Å². The van der Waals surface area contributed by atoms with Gasteiger partial charge in [-0.15, -0.1) is 4.52 Å². The van der Waals surface area contributed by atoms with Crippen molar-refractivity contribution < 1.29 is 9.31 Å². The van der Waals surface area contributed by atoms with Gasteiger partial charge in [0.2, 0.25) is 17.2 Å². The molecule has 2 aromatic carbocycles. The Morgan fingerprint density at radius 3 is 2.46 bits per heavy atom. The molecule has 0 unspecified atom stereocenters. The van der Waals surface area contributed by atoms with Gasteiger partial charge in [-0.05, 0) is 24.3 Å². The molecule has 0 spiro atoms. The molecule has 0 aliphatic rings. The molecule has 0 radical (unpaired) electrons. The molecule has 4 nitrogen and oxygen atoms in total. The molecule has 24 heavy (non-hydrogen) atoms. The van der Waals surface area contributed by atoms with Gasteiger partial charge in [0, 0.05) is 29.1 Å². The number of carbonyl (C=O) groups is 1. The Bertz CT molecular complexity index is 1030. The normalized spacial score (nSPS) is 11.1. The lowest BCUT2D eigenvalue weighted by Crippen LogP contribution is -2.34. The van der Waals surface area contributed by atoms with Gasteiger partial charge in [0.25, 0.3) is 0 Å². The summed E-state index contributed by atoms with van der Waals surface area (Å²) >= 11 is 5.99. The van der Waals surface area contributed by atoms with E-state index in [4.69, 9.17) is 11.6 Å². The SMILES string of the molecule is Cc1ccn2[nH]c(-c3ccc(Cl)cc3)c(C(=O)c3ccccc3)[n+]12. The third kappa shape index (κ3) is 2.32. The van der Waals surface area contributed by atoms with Crippen LogP contribution in [0.25, 0.3) is 11.3 Å². The first-order valence-corrected chi connectivity index (χ1v) is 8.00. The average molecular weight is 337 g/mol. The first-order chi connectivity index (χ1) is 11.6. The molecule has 5 heteroatoms. The maximum Gasteiger partial charge on any atom is 0.250 e. The second-order valence-corrected chi connectivity index (χ2v) is 6.09. The van der Waals surface area contributed by atoms with Crippen LogP contribution < -0.4 is 4.52 Å². The highest BCUT2D eigenvalue weighted by Crippen LogP contribution is 2.24. The summed E-state index contributed by atoms with van der Waals surface area (Å²) in [4.78, 5) is 13.2. The zero-order valence-electron chi connectivity index (χ0n) is 13.0. The molecule has 0 aliphatic heterocycles. The van der Waals surface area contributed by atoms with Crippen molar-refractivity contribution in [1.29, 1.82) is 0 Å². The van der Waals surface area contributed by atoms with Crippen molar-refractivity contribution in [3.63, 3.8) is 0 Å². The predicted molar refractivity (Wildman–Crippen MR) is 92.5 cm³/mol. The van der Waals surface area contributed by atoms with E-state index in [-0.39, 0.29) is 5.78 Å². The number of aryl methyl sites for hydroxylation is 1. The first-order valence-electron chi connectivity index (χ1n) is 7.63. The number of nitrogens with zero attached hydrogens (tertiary/aromatic N) is 2. The summed E-state index contributed by atoms with van der Waals surface area (Å²) < 4.78 is 3.70. The highest BCUT2D eigenvalue weighted by atomic mass is 35.5. The van der Waals surface area contributed by atoms with Crippen LogP contribution in [0.1, 0.15) is 21.7 Å². The largest absolute Gasteiger partial charge is 0.284 e. The van der Waals surface area contributed by atoms with Gasteiger partial charge >= 0.3 is 0 Å². The Hall–Kier alpha value is -2.85. The summed E-state index contributed by atoms with van der Waals surface area (Å²) in [6.45, 7) is 1.97. The second kappa shape index (κ2) is 5.65. The van der Waals surface area contributed by atoms with Crippen LogP contribution in [-0.4, -0.2) is 15.5 Å². The summed E-state index contributed by atoms with van der Waals surface area (Å²) in [5.41, 5.74) is 3.91. The molecule has 0 amide bonds. The lowest BCUT2D eigenvalue weighted by atomic mass is 10.0. The van der Waals surface area contributed by atoms with Crippen molar-refractivity contribution >= 4 is 17.4 Å². The minimum atomic E-state index is -0.0291. The second-order valence-electron chi connectivity index (χ2n) is 5.65. The summed E-state index contributed by atoms with van der Waals surface area (Å²) in [7, 11) is 0. The number of hydrogen-bond acceptors (Lipinski definition) is 1. The Labute approximate surface area is 143 Å². The molecule has 2 aromatic heterocycles. The van der Waals surface area contributed by atoms with Gasteiger partial charge in [0.1, 0.15) is 5.69 Å². The number of rotatable bonds is 3. The van der Waals surface area contributed by atoms with Crippen LogP contribution in [-0.2, 0) is 0 Å². The Kier molecular flexibility index (Phi) is 3.47. The van der Waals surface area contributed by atoms with Crippen LogP contribution >= 0.6 is 11.6 Å². The first kappa shape index (κ1) is 14.7. The molecule has 0 aliphatic carbocycles. The number of benzene rings is 2. The summed E-state index contributed by atoms with van der Waals surface area (Å²) in [6.07, 6.45) is 1.90. The van der Waals surface area contributed by atoms with E-state index in [1.165, 1.54) is 0 Å². The van der Waals surface area contributed by atoms with Crippen LogP contribution in [0.2, 0.25) is 5.02 Å². The van der Waals surface area contributed by atoms with E-state index in [1.54, 1.807) is 0 Å². The van der Waals surface area contributed by atoms with Crippen LogP contribution in [0.15, 0.2) is 66.9 Å². The van der Waals surface area contributed by atoms with Crippen molar-refractivity contribution in [2.45, 2.75) is 6.92 Å². The van der Waals surface area contributed by atoms with Gasteiger partial charge in [-0.3, -0.25) is 4.79 Å². The lowest BCUT2D eigenvalue weighted by Gasteiger charge is -2.00. The molecule has 4 aromatic rings. The number of nitrogens with one attached hydrogen (secondary N) is 1. The number of halogens is 1. The number of aromatic nitrogens is 3. The standard InChI is InChI=1S/C19H14ClN3O/c1-13-11-12-22-21-17(14-7-9-16(20)10-8-14)18(23(13)22)19(24)15-5-3-2-4-6-15/h2-12H,1H3/p+1. The molecule has 118 valence electrons. The molecule has 0 saturated heterocycles. The number of carbonyl (C=O) groups excluding carboxylic acids is 1. The summed E-state index contributed by atoms with van der Waals surface area (Å²) in [5, 5.41) is 3.95. The fraction of sp³-hybridized carbons (Fsp3) is 0.0526. The Morgan fingerprint density at radius 2 is 1.75 bits per heavy atom. The van der Waals surface area contributed by atoms with Gasteiger partial charge in [-0.1, -0.05) is 46.6 Å². The molecule has 0 saturated carbocycles. The number of ketones is 1. The van der Waals surface area contributed by atoms with Crippen molar-refractivity contribution in [1.82, 2.24) is 9.73 Å². The van der Waals surface area contributed by atoms with Crippen molar-refractivity contribution in [2.24, 2.45) is 0 Å². The fourth-order valence-corrected chi connectivity index (χ4v) is 3.01. The highest BCUT2D eigenvalue weighted by Gasteiger charge is 2.29. The van der Waals surface area contributed by atoms with E-state index in [0.29, 0.717) is 16.3 Å². The monoisotopic (exact) mass is 336 g/mol. The third-order valence-corrected chi connectivity index (χ3v) is 4.32. The van der Waals surface area contributed by atoms with Gasteiger partial charge in [-0.25, -0.2) is 0 Å². The van der Waals surface area contributed by atoms with Gasteiger partial charge in [0.05, 0.1) is 6.20 Å². The Morgan fingerprint density at radius 1 is 1.04 bits per heavy atom. The summed E-state index contributed by atoms with van der Waals surface area (Å²) in [5.74, 6) is -0.0291.